The van der Waals surface area contributed by atoms with E-state index in [1.807, 2.05) is 0 Å². The van der Waals surface area contributed by atoms with Gasteiger partial charge in [-0.15, -0.1) is 0 Å². The number of benzene rings is 3. The van der Waals surface area contributed by atoms with Crippen molar-refractivity contribution in [2.24, 2.45) is 0 Å². The average molecular weight is 358 g/mol. The zero-order valence-corrected chi connectivity index (χ0v) is 13.6. The van der Waals surface area contributed by atoms with Gasteiger partial charge >= 0.3 is 0 Å². The molecule has 0 aromatic heterocycles. The van der Waals surface area contributed by atoms with Crippen LogP contribution in [0, 0.1) is 0 Å². The lowest BCUT2D eigenvalue weighted by Gasteiger charge is -2.10. The highest BCUT2D eigenvalue weighted by Crippen LogP contribution is 2.30. The molecule has 0 saturated carbocycles. The van der Waals surface area contributed by atoms with E-state index in [1.165, 1.54) is 30.3 Å². The number of phenols is 1. The number of hydrogen-bond donors (Lipinski definition) is 4. The van der Waals surface area contributed by atoms with Crippen LogP contribution in [-0.2, 0) is 10.1 Å². The van der Waals surface area contributed by atoms with Crippen LogP contribution in [0.1, 0.15) is 10.4 Å². The summed E-state index contributed by atoms with van der Waals surface area (Å²) in [7, 11) is -4.56. The standard InChI is InChI=1S/C17H14N2O5S/c18-12-3-1-2-11(6-12)17(21)19-13-7-10-4-5-14(20)9-15(10)16(8-13)25(22,23)24/h1-9,20H,18H2,(H,19,21)(H,22,23,24). The van der Waals surface area contributed by atoms with Gasteiger partial charge in [-0.2, -0.15) is 8.42 Å². The molecule has 0 bridgehead atoms. The number of amides is 1. The van der Waals surface area contributed by atoms with Crippen LogP contribution in [0.25, 0.3) is 10.8 Å². The number of carbonyl (C=O) groups is 1. The van der Waals surface area contributed by atoms with E-state index in [9.17, 15) is 22.9 Å². The van der Waals surface area contributed by atoms with Gasteiger partial charge in [0.25, 0.3) is 16.0 Å². The number of aromatic hydroxyl groups is 1. The van der Waals surface area contributed by atoms with Gasteiger partial charge in [0.1, 0.15) is 10.6 Å². The Labute approximate surface area is 143 Å². The number of nitrogen functional groups attached to an aromatic ring is 1. The number of nitrogens with one attached hydrogen (secondary N) is 1. The highest BCUT2D eigenvalue weighted by Gasteiger charge is 2.17. The van der Waals surface area contributed by atoms with Gasteiger partial charge in [-0.3, -0.25) is 9.35 Å². The first-order chi connectivity index (χ1) is 11.7. The Bertz CT molecular complexity index is 1090. The molecular formula is C17H14N2O5S. The highest BCUT2D eigenvalue weighted by molar-refractivity contribution is 7.86. The Kier molecular flexibility index (Phi) is 4.07. The molecule has 3 aromatic carbocycles. The molecule has 5 N–H and O–H groups in total. The lowest BCUT2D eigenvalue weighted by molar-refractivity contribution is 0.102. The highest BCUT2D eigenvalue weighted by atomic mass is 32.2. The lowest BCUT2D eigenvalue weighted by Crippen LogP contribution is -2.13. The van der Waals surface area contributed by atoms with E-state index in [0.29, 0.717) is 16.6 Å². The summed E-state index contributed by atoms with van der Waals surface area (Å²) in [4.78, 5) is 11.9. The molecule has 7 nitrogen and oxygen atoms in total. The first kappa shape index (κ1) is 16.7. The molecule has 0 heterocycles. The van der Waals surface area contributed by atoms with Crippen LogP contribution >= 0.6 is 0 Å². The molecule has 0 fully saturated rings. The molecule has 0 atom stereocenters. The molecule has 3 aromatic rings. The number of rotatable bonds is 3. The van der Waals surface area contributed by atoms with Gasteiger partial charge < -0.3 is 16.2 Å². The maximum Gasteiger partial charge on any atom is 0.295 e. The van der Waals surface area contributed by atoms with E-state index >= 15 is 0 Å². The van der Waals surface area contributed by atoms with E-state index in [2.05, 4.69) is 5.32 Å². The molecule has 0 aliphatic carbocycles. The van der Waals surface area contributed by atoms with Crippen LogP contribution in [0.15, 0.2) is 59.5 Å². The van der Waals surface area contributed by atoms with Crippen LogP contribution < -0.4 is 11.1 Å². The van der Waals surface area contributed by atoms with Gasteiger partial charge in [0.05, 0.1) is 0 Å². The molecule has 0 aliphatic heterocycles. The van der Waals surface area contributed by atoms with Crippen LogP contribution in [0.4, 0.5) is 11.4 Å². The van der Waals surface area contributed by atoms with Crippen molar-refractivity contribution in [3.63, 3.8) is 0 Å². The number of carbonyl (C=O) groups excluding carboxylic acids is 1. The Morgan fingerprint density at radius 2 is 1.80 bits per heavy atom. The smallest absolute Gasteiger partial charge is 0.295 e. The number of phenolic OH excluding ortho intramolecular Hbond substituents is 1. The predicted octanol–water partition coefficient (Wildman–Crippen LogP) is 2.63. The second-order valence-electron chi connectivity index (χ2n) is 5.43. The Morgan fingerprint density at radius 1 is 1.04 bits per heavy atom. The number of fused-ring (bicyclic) bond motifs is 1. The van der Waals surface area contributed by atoms with Gasteiger partial charge in [0, 0.05) is 22.3 Å². The first-order valence-electron chi connectivity index (χ1n) is 7.15. The topological polar surface area (TPSA) is 130 Å². The molecule has 0 aliphatic rings. The third-order valence-corrected chi connectivity index (χ3v) is 4.48. The molecule has 1 amide bonds. The fourth-order valence-corrected chi connectivity index (χ4v) is 3.21. The summed E-state index contributed by atoms with van der Waals surface area (Å²) in [5, 5.41) is 12.7. The van der Waals surface area contributed by atoms with Crippen molar-refractivity contribution in [3.8, 4) is 5.75 Å². The third-order valence-electron chi connectivity index (χ3n) is 3.58. The molecule has 8 heteroatoms. The SMILES string of the molecule is Nc1cccc(C(=O)Nc2cc(S(=O)(=O)O)c3cc(O)ccc3c2)c1. The van der Waals surface area contributed by atoms with Crippen molar-refractivity contribution < 1.29 is 22.9 Å². The van der Waals surface area contributed by atoms with E-state index < -0.39 is 20.9 Å². The van der Waals surface area contributed by atoms with Gasteiger partial charge in [0.15, 0.2) is 0 Å². The average Bonchev–Trinajstić information content (AvgIpc) is 2.53. The number of anilines is 2. The summed E-state index contributed by atoms with van der Waals surface area (Å²) in [6, 6.07) is 13.0. The van der Waals surface area contributed by atoms with E-state index in [0.717, 1.165) is 6.07 Å². The third kappa shape index (κ3) is 3.54. The largest absolute Gasteiger partial charge is 0.508 e. The van der Waals surface area contributed by atoms with Crippen molar-refractivity contribution in [1.29, 1.82) is 0 Å². The minimum atomic E-state index is -4.56. The predicted molar refractivity (Wildman–Crippen MR) is 94.2 cm³/mol. The number of hydrogen-bond acceptors (Lipinski definition) is 5. The lowest BCUT2D eigenvalue weighted by atomic mass is 10.1. The second-order valence-corrected chi connectivity index (χ2v) is 6.82. The molecule has 3 rings (SSSR count). The summed E-state index contributed by atoms with van der Waals surface area (Å²) in [5.41, 5.74) is 6.54. The maximum absolute atomic E-state index is 12.3. The monoisotopic (exact) mass is 358 g/mol. The van der Waals surface area contributed by atoms with Gasteiger partial charge in [-0.25, -0.2) is 0 Å². The fourth-order valence-electron chi connectivity index (χ4n) is 2.48. The van der Waals surface area contributed by atoms with E-state index in [-0.39, 0.29) is 16.8 Å². The van der Waals surface area contributed by atoms with Gasteiger partial charge in [-0.1, -0.05) is 12.1 Å². The summed E-state index contributed by atoms with van der Waals surface area (Å²) in [5.74, 6) is -0.624. The molecule has 25 heavy (non-hydrogen) atoms. The van der Waals surface area contributed by atoms with Crippen molar-refractivity contribution in [2.45, 2.75) is 4.90 Å². The zero-order valence-electron chi connectivity index (χ0n) is 12.8. The molecule has 0 unspecified atom stereocenters. The summed E-state index contributed by atoms with van der Waals surface area (Å²) >= 11 is 0. The summed E-state index contributed by atoms with van der Waals surface area (Å²) in [6.07, 6.45) is 0. The van der Waals surface area contributed by atoms with Gasteiger partial charge in [-0.05, 0) is 47.9 Å². The van der Waals surface area contributed by atoms with Crippen LogP contribution in [0.2, 0.25) is 0 Å². The molecule has 128 valence electrons. The fraction of sp³-hybridized carbons (Fsp3) is 0. The van der Waals surface area contributed by atoms with E-state index in [4.69, 9.17) is 5.73 Å². The quantitative estimate of drug-likeness (QED) is 0.421. The normalized spacial score (nSPS) is 11.4. The van der Waals surface area contributed by atoms with Crippen molar-refractivity contribution in [1.82, 2.24) is 0 Å². The molecule has 0 spiro atoms. The second kappa shape index (κ2) is 6.08. The van der Waals surface area contributed by atoms with Crippen LogP contribution in [0.3, 0.4) is 0 Å². The Morgan fingerprint density at radius 3 is 2.48 bits per heavy atom. The minimum absolute atomic E-state index is 0.143. The Balaban J connectivity index is 2.08. The van der Waals surface area contributed by atoms with Gasteiger partial charge in [0.2, 0.25) is 0 Å². The van der Waals surface area contributed by atoms with Crippen LogP contribution in [0.5, 0.6) is 5.75 Å². The summed E-state index contributed by atoms with van der Waals surface area (Å²) < 4.78 is 32.8. The Hall–Kier alpha value is -3.10. The van der Waals surface area contributed by atoms with Crippen molar-refractivity contribution in [2.75, 3.05) is 11.1 Å². The maximum atomic E-state index is 12.3. The van der Waals surface area contributed by atoms with Crippen molar-refractivity contribution in [3.05, 3.63) is 60.2 Å². The molecule has 0 saturated heterocycles. The minimum Gasteiger partial charge on any atom is -0.508 e. The van der Waals surface area contributed by atoms with E-state index in [1.54, 1.807) is 18.2 Å². The summed E-state index contributed by atoms with van der Waals surface area (Å²) in [6.45, 7) is 0. The molecule has 0 radical (unpaired) electrons. The van der Waals surface area contributed by atoms with Crippen molar-refractivity contribution >= 4 is 38.2 Å². The zero-order chi connectivity index (χ0) is 18.2. The first-order valence-corrected chi connectivity index (χ1v) is 8.59. The van der Waals surface area contributed by atoms with Crippen LogP contribution in [-0.4, -0.2) is 24.0 Å². The number of nitrogens with two attached hydrogens (primary N) is 1. The molecular weight excluding hydrogens is 344 g/mol.